The predicted molar refractivity (Wildman–Crippen MR) is 153 cm³/mol. The van der Waals surface area contributed by atoms with Crippen molar-refractivity contribution < 1.29 is 24.2 Å². The number of aliphatic hydroxyl groups excluding tert-OH is 1. The maximum atomic E-state index is 14.1. The lowest BCUT2D eigenvalue weighted by Crippen LogP contribution is -2.54. The first-order valence-electron chi connectivity index (χ1n) is 13.5. The third-order valence-electron chi connectivity index (χ3n) is 8.15. The van der Waals surface area contributed by atoms with E-state index in [-0.39, 0.29) is 35.5 Å². The van der Waals surface area contributed by atoms with Gasteiger partial charge in [0.2, 0.25) is 17.7 Å². The van der Waals surface area contributed by atoms with Crippen LogP contribution in [0.25, 0.3) is 0 Å². The quantitative estimate of drug-likeness (QED) is 0.364. The molecule has 2 aromatic carbocycles. The molecule has 0 aliphatic carbocycles. The van der Waals surface area contributed by atoms with Gasteiger partial charge in [-0.05, 0) is 80.6 Å². The second kappa shape index (κ2) is 11.4. The number of aliphatic hydroxyl groups is 1. The van der Waals surface area contributed by atoms with Crippen LogP contribution in [0.15, 0.2) is 48.5 Å². The summed E-state index contributed by atoms with van der Waals surface area (Å²) in [6.07, 6.45) is 1.85. The minimum Gasteiger partial charge on any atom is -0.494 e. The minimum atomic E-state index is -0.724. The smallest absolute Gasteiger partial charge is 0.248 e. The fourth-order valence-corrected chi connectivity index (χ4v) is 9.07. The highest BCUT2D eigenvalue weighted by Crippen LogP contribution is 2.68. The van der Waals surface area contributed by atoms with Gasteiger partial charge in [-0.1, -0.05) is 18.5 Å². The van der Waals surface area contributed by atoms with Gasteiger partial charge in [-0.25, -0.2) is 0 Å². The zero-order valence-corrected chi connectivity index (χ0v) is 23.6. The van der Waals surface area contributed by atoms with E-state index in [0.717, 1.165) is 12.2 Å². The summed E-state index contributed by atoms with van der Waals surface area (Å²) in [6.45, 7) is 4.92. The number of unbranched alkanes of at least 4 members (excludes halogenated alkanes) is 1. The molecule has 0 aromatic heterocycles. The molecule has 3 fully saturated rings. The van der Waals surface area contributed by atoms with Crippen LogP contribution in [0.2, 0.25) is 5.02 Å². The number of likely N-dealkylation sites (tertiary alicyclic amines) is 1. The van der Waals surface area contributed by atoms with Crippen LogP contribution in [0.1, 0.15) is 33.1 Å². The lowest BCUT2D eigenvalue weighted by atomic mass is 9.66. The number of rotatable bonds is 10. The van der Waals surface area contributed by atoms with E-state index in [1.807, 2.05) is 6.92 Å². The highest BCUT2D eigenvalue weighted by Gasteiger charge is 2.75. The van der Waals surface area contributed by atoms with Gasteiger partial charge in [0.1, 0.15) is 11.8 Å². The van der Waals surface area contributed by atoms with Gasteiger partial charge >= 0.3 is 0 Å². The molecule has 0 saturated carbocycles. The third kappa shape index (κ3) is 5.00. The van der Waals surface area contributed by atoms with Gasteiger partial charge in [0.25, 0.3) is 0 Å². The molecule has 3 amide bonds. The van der Waals surface area contributed by atoms with Crippen LogP contribution in [-0.2, 0) is 14.4 Å². The highest BCUT2D eigenvalue weighted by atomic mass is 35.5. The molecule has 3 N–H and O–H groups in total. The largest absolute Gasteiger partial charge is 0.494 e. The molecular weight excluding hydrogens is 538 g/mol. The summed E-state index contributed by atoms with van der Waals surface area (Å²) in [7, 11) is 0. The number of ether oxygens (including phenoxy) is 1. The molecule has 3 aliphatic heterocycles. The first kappa shape index (κ1) is 27.8. The monoisotopic (exact) mass is 571 g/mol. The summed E-state index contributed by atoms with van der Waals surface area (Å²) in [5.74, 6) is -0.967. The fourth-order valence-electron chi connectivity index (χ4n) is 6.52. The standard InChI is InChI=1S/C29H34ClN3O5S/c1-3-38-21-12-10-20(11-13-21)31-26(35)23-22-16-17(2)29(39-22)24(23)28(37)33(14-4-5-15-34)25(29)27(36)32-19-8-6-18(30)7-9-19/h6-13,17,22-25,34H,3-5,14-16H2,1-2H3,(H,31,35)(H,32,36)/t17?,22-,23+,24+,25?,29?/m1/s1. The number of hydrogen-bond donors (Lipinski definition) is 3. The zero-order chi connectivity index (χ0) is 27.7. The average molecular weight is 572 g/mol. The molecule has 3 saturated heterocycles. The van der Waals surface area contributed by atoms with Crippen LogP contribution < -0.4 is 15.4 Å². The highest BCUT2D eigenvalue weighted by molar-refractivity contribution is 8.02. The van der Waals surface area contributed by atoms with Crippen LogP contribution in [0.3, 0.4) is 0 Å². The molecule has 6 atom stereocenters. The van der Waals surface area contributed by atoms with Crippen molar-refractivity contribution in [1.29, 1.82) is 0 Å². The number of benzene rings is 2. The lowest BCUT2D eigenvalue weighted by molar-refractivity contribution is -0.138. The van der Waals surface area contributed by atoms with E-state index in [1.165, 1.54) is 0 Å². The molecule has 0 radical (unpaired) electrons. The summed E-state index contributed by atoms with van der Waals surface area (Å²) < 4.78 is 4.79. The van der Waals surface area contributed by atoms with E-state index in [1.54, 1.807) is 65.2 Å². The van der Waals surface area contributed by atoms with Crippen molar-refractivity contribution in [2.45, 2.75) is 49.1 Å². The molecule has 1 spiro atoms. The number of carbonyl (C=O) groups excluding carboxylic acids is 3. The van der Waals surface area contributed by atoms with Crippen molar-refractivity contribution in [3.05, 3.63) is 53.6 Å². The van der Waals surface area contributed by atoms with Crippen molar-refractivity contribution in [3.8, 4) is 5.75 Å². The second-order valence-corrected chi connectivity index (χ2v) is 12.4. The average Bonchev–Trinajstić information content (AvgIpc) is 3.50. The maximum Gasteiger partial charge on any atom is 0.248 e. The summed E-state index contributed by atoms with van der Waals surface area (Å²) >= 11 is 7.66. The van der Waals surface area contributed by atoms with E-state index in [9.17, 15) is 19.5 Å². The van der Waals surface area contributed by atoms with E-state index in [0.29, 0.717) is 42.4 Å². The fraction of sp³-hybridized carbons (Fsp3) is 0.483. The van der Waals surface area contributed by atoms with Gasteiger partial charge in [-0.2, -0.15) is 0 Å². The Bertz CT molecular complexity index is 1230. The number of amides is 3. The van der Waals surface area contributed by atoms with Gasteiger partial charge in [-0.15, -0.1) is 11.8 Å². The molecule has 208 valence electrons. The molecular formula is C29H34ClN3O5S. The van der Waals surface area contributed by atoms with Crippen molar-refractivity contribution in [2.24, 2.45) is 17.8 Å². The Hall–Kier alpha value is -2.75. The van der Waals surface area contributed by atoms with Crippen molar-refractivity contribution in [3.63, 3.8) is 0 Å². The predicted octanol–water partition coefficient (Wildman–Crippen LogP) is 4.43. The van der Waals surface area contributed by atoms with Gasteiger partial charge in [0.05, 0.1) is 23.2 Å². The Morgan fingerprint density at radius 3 is 2.36 bits per heavy atom. The Morgan fingerprint density at radius 2 is 1.72 bits per heavy atom. The van der Waals surface area contributed by atoms with E-state index < -0.39 is 22.6 Å². The number of halogens is 1. The molecule has 39 heavy (non-hydrogen) atoms. The molecule has 8 nitrogen and oxygen atoms in total. The molecule has 3 heterocycles. The third-order valence-corrected chi connectivity index (χ3v) is 10.5. The number of nitrogens with zero attached hydrogens (tertiary/aromatic N) is 1. The van der Waals surface area contributed by atoms with Crippen LogP contribution in [0.4, 0.5) is 11.4 Å². The van der Waals surface area contributed by atoms with Gasteiger partial charge in [-0.3, -0.25) is 14.4 Å². The van der Waals surface area contributed by atoms with Crippen molar-refractivity contribution in [1.82, 2.24) is 4.90 Å². The molecule has 3 unspecified atom stereocenters. The number of thioether (sulfide) groups is 1. The van der Waals surface area contributed by atoms with Crippen LogP contribution in [-0.4, -0.2) is 63.5 Å². The number of fused-ring (bicyclic) bond motifs is 1. The van der Waals surface area contributed by atoms with Gasteiger partial charge < -0.3 is 25.4 Å². The Morgan fingerprint density at radius 1 is 1.08 bits per heavy atom. The first-order chi connectivity index (χ1) is 18.8. The molecule has 10 heteroatoms. The summed E-state index contributed by atoms with van der Waals surface area (Å²) in [6, 6.07) is 13.4. The maximum absolute atomic E-state index is 14.1. The number of anilines is 2. The first-order valence-corrected chi connectivity index (χ1v) is 14.7. The normalized spacial score (nSPS) is 28.9. The van der Waals surface area contributed by atoms with Crippen molar-refractivity contribution >= 4 is 52.5 Å². The second-order valence-electron chi connectivity index (χ2n) is 10.5. The van der Waals surface area contributed by atoms with Gasteiger partial charge in [0, 0.05) is 34.8 Å². The van der Waals surface area contributed by atoms with E-state index in [2.05, 4.69) is 17.6 Å². The molecule has 2 bridgehead atoms. The minimum absolute atomic E-state index is 0.0125. The van der Waals surface area contributed by atoms with Crippen LogP contribution in [0, 0.1) is 17.8 Å². The summed E-state index contributed by atoms with van der Waals surface area (Å²) in [5, 5.41) is 15.9. The molecule has 2 aromatic rings. The summed E-state index contributed by atoms with van der Waals surface area (Å²) in [5.41, 5.74) is 1.24. The van der Waals surface area contributed by atoms with Crippen LogP contribution in [0.5, 0.6) is 5.75 Å². The lowest BCUT2D eigenvalue weighted by Gasteiger charge is -2.38. The van der Waals surface area contributed by atoms with E-state index in [4.69, 9.17) is 16.3 Å². The zero-order valence-electron chi connectivity index (χ0n) is 22.1. The Balaban J connectivity index is 1.43. The number of hydrogen-bond acceptors (Lipinski definition) is 6. The molecule has 3 aliphatic rings. The Labute approximate surface area is 237 Å². The van der Waals surface area contributed by atoms with Crippen LogP contribution >= 0.6 is 23.4 Å². The Kier molecular flexibility index (Phi) is 8.12. The molecule has 5 rings (SSSR count). The number of carbonyl (C=O) groups is 3. The van der Waals surface area contributed by atoms with Gasteiger partial charge in [0.15, 0.2) is 0 Å². The topological polar surface area (TPSA) is 108 Å². The number of nitrogens with one attached hydrogen (secondary N) is 2. The van der Waals surface area contributed by atoms with E-state index >= 15 is 0 Å². The summed E-state index contributed by atoms with van der Waals surface area (Å²) in [4.78, 5) is 43.3. The van der Waals surface area contributed by atoms with Crippen molar-refractivity contribution in [2.75, 3.05) is 30.4 Å². The SMILES string of the molecule is CCOc1ccc(NC(=O)[C@@H]2[C@H]3C(=O)N(CCCCO)C(C(=O)Nc4ccc(Cl)cc4)C34S[C@@H]2CC4C)cc1.